The summed E-state index contributed by atoms with van der Waals surface area (Å²) in [6.07, 6.45) is 7.64. The number of carbonyl (C=O) groups excluding carboxylic acids is 2. The molecule has 7 nitrogen and oxygen atoms in total. The van der Waals surface area contributed by atoms with E-state index in [4.69, 9.17) is 14.6 Å². The third-order valence-corrected chi connectivity index (χ3v) is 7.55. The highest BCUT2D eigenvalue weighted by molar-refractivity contribution is 6.04. The third kappa shape index (κ3) is 4.93. The second kappa shape index (κ2) is 9.12. The van der Waals surface area contributed by atoms with E-state index in [0.29, 0.717) is 23.6 Å². The Morgan fingerprint density at radius 1 is 0.912 bits per heavy atom. The molecule has 4 saturated carbocycles. The van der Waals surface area contributed by atoms with Gasteiger partial charge in [-0.15, -0.1) is 0 Å². The molecule has 178 valence electrons. The summed E-state index contributed by atoms with van der Waals surface area (Å²) in [4.78, 5) is 35.8. The Balaban J connectivity index is 1.11. The van der Waals surface area contributed by atoms with Crippen molar-refractivity contribution in [2.24, 2.45) is 23.2 Å². The average molecular weight is 464 g/mol. The lowest BCUT2D eigenvalue weighted by molar-refractivity contribution is -0.157. The number of hydrogen-bond acceptors (Lipinski definition) is 5. The summed E-state index contributed by atoms with van der Waals surface area (Å²) >= 11 is 0. The average Bonchev–Trinajstić information content (AvgIpc) is 2.81. The van der Waals surface area contributed by atoms with Crippen molar-refractivity contribution in [1.29, 1.82) is 0 Å². The number of benzene rings is 2. The van der Waals surface area contributed by atoms with E-state index in [1.165, 1.54) is 62.8 Å². The van der Waals surface area contributed by atoms with E-state index < -0.39 is 5.97 Å². The van der Waals surface area contributed by atoms with Crippen molar-refractivity contribution in [3.8, 4) is 5.75 Å². The number of ether oxygens (including phenoxy) is 2. The van der Waals surface area contributed by atoms with E-state index in [-0.39, 0.29) is 29.5 Å². The molecule has 2 aromatic carbocycles. The van der Waals surface area contributed by atoms with Crippen molar-refractivity contribution >= 4 is 23.5 Å². The van der Waals surface area contributed by atoms with Gasteiger partial charge in [-0.25, -0.2) is 9.59 Å². The molecule has 4 aliphatic rings. The van der Waals surface area contributed by atoms with E-state index in [2.05, 4.69) is 5.32 Å². The molecular weight excluding hydrogens is 434 g/mol. The Morgan fingerprint density at radius 3 is 2.15 bits per heavy atom. The van der Waals surface area contributed by atoms with Crippen molar-refractivity contribution in [3.63, 3.8) is 0 Å². The maximum absolute atomic E-state index is 12.4. The van der Waals surface area contributed by atoms with Crippen LogP contribution in [0.2, 0.25) is 0 Å². The number of carbonyl (C=O) groups is 3. The molecule has 6 rings (SSSR count). The normalized spacial score (nSPS) is 26.6. The predicted octanol–water partition coefficient (Wildman–Crippen LogP) is 4.78. The lowest BCUT2D eigenvalue weighted by Gasteiger charge is -2.56. The second-order valence-corrected chi connectivity index (χ2v) is 10.2. The van der Waals surface area contributed by atoms with E-state index in [0.717, 1.165) is 17.8 Å². The Morgan fingerprint density at radius 2 is 1.53 bits per heavy atom. The van der Waals surface area contributed by atoms with Crippen LogP contribution in [0, 0.1) is 23.2 Å². The number of hydrogen-bond donors (Lipinski definition) is 2. The minimum atomic E-state index is -1.05. The van der Waals surface area contributed by atoms with Gasteiger partial charge < -0.3 is 19.9 Å². The highest BCUT2D eigenvalue weighted by Gasteiger charge is 2.51. The molecule has 34 heavy (non-hydrogen) atoms. The van der Waals surface area contributed by atoms with Crippen LogP contribution in [-0.2, 0) is 9.53 Å². The smallest absolute Gasteiger partial charge is 0.344 e. The number of aromatic carboxylic acids is 1. The maximum atomic E-state index is 12.4. The predicted molar refractivity (Wildman–Crippen MR) is 125 cm³/mol. The zero-order chi connectivity index (χ0) is 23.7. The first-order valence-corrected chi connectivity index (χ1v) is 11.9. The van der Waals surface area contributed by atoms with E-state index >= 15 is 0 Å². The Kier molecular flexibility index (Phi) is 6.02. The molecule has 4 bridgehead atoms. The monoisotopic (exact) mass is 463 g/mol. The van der Waals surface area contributed by atoms with Gasteiger partial charge in [-0.05, 0) is 92.7 Å². The van der Waals surface area contributed by atoms with E-state index in [9.17, 15) is 14.4 Å². The molecule has 0 atom stereocenters. The fourth-order valence-electron chi connectivity index (χ4n) is 6.52. The minimum Gasteiger partial charge on any atom is -0.482 e. The van der Waals surface area contributed by atoms with Crippen molar-refractivity contribution in [1.82, 2.24) is 0 Å². The van der Waals surface area contributed by atoms with E-state index in [1.54, 1.807) is 24.3 Å². The highest BCUT2D eigenvalue weighted by atomic mass is 16.6. The lowest BCUT2D eigenvalue weighted by Crippen LogP contribution is -2.48. The largest absolute Gasteiger partial charge is 0.482 e. The summed E-state index contributed by atoms with van der Waals surface area (Å²) in [6.45, 7) is 0.315. The number of carboxylic acid groups (broad SMARTS) is 1. The zero-order valence-corrected chi connectivity index (χ0v) is 19.0. The molecule has 7 heteroatoms. The topological polar surface area (TPSA) is 102 Å². The number of rotatable bonds is 8. The first-order chi connectivity index (χ1) is 16.4. The van der Waals surface area contributed by atoms with Crippen LogP contribution in [0.3, 0.4) is 0 Å². The molecule has 2 aromatic rings. The molecule has 4 fully saturated rings. The number of esters is 1. The van der Waals surface area contributed by atoms with Crippen LogP contribution in [0.25, 0.3) is 0 Å². The van der Waals surface area contributed by atoms with Gasteiger partial charge >= 0.3 is 11.9 Å². The van der Waals surface area contributed by atoms with Crippen LogP contribution in [0.5, 0.6) is 5.75 Å². The molecular formula is C27H29NO6. The van der Waals surface area contributed by atoms with Crippen molar-refractivity contribution < 1.29 is 29.0 Å². The molecule has 0 spiro atoms. The summed E-state index contributed by atoms with van der Waals surface area (Å²) in [7, 11) is 0. The van der Waals surface area contributed by atoms with Gasteiger partial charge in [0.1, 0.15) is 5.75 Å². The highest BCUT2D eigenvalue weighted by Crippen LogP contribution is 2.60. The molecule has 2 N–H and O–H groups in total. The number of amides is 1. The SMILES string of the molecule is O=C(COc1cccc(NC(=O)c2ccc(C(=O)O)cc2)c1)OCC12CC3CC(CC(C3)C1)C2. The van der Waals surface area contributed by atoms with Gasteiger partial charge in [-0.3, -0.25) is 4.79 Å². The van der Waals surface area contributed by atoms with Crippen molar-refractivity contribution in [2.45, 2.75) is 38.5 Å². The summed E-state index contributed by atoms with van der Waals surface area (Å²) in [5, 5.41) is 11.7. The molecule has 0 aliphatic heterocycles. The van der Waals surface area contributed by atoms with Crippen LogP contribution in [0.4, 0.5) is 5.69 Å². The fraction of sp³-hybridized carbons (Fsp3) is 0.444. The van der Waals surface area contributed by atoms with Gasteiger partial charge in [0, 0.05) is 22.7 Å². The number of carboxylic acids is 1. The second-order valence-electron chi connectivity index (χ2n) is 10.2. The summed E-state index contributed by atoms with van der Waals surface area (Å²) in [5.74, 6) is 1.10. The fourth-order valence-corrected chi connectivity index (χ4v) is 6.52. The number of nitrogens with one attached hydrogen (secondary N) is 1. The molecule has 0 aromatic heterocycles. The number of anilines is 1. The van der Waals surface area contributed by atoms with Crippen LogP contribution in [0.15, 0.2) is 48.5 Å². The molecule has 1 amide bonds. The summed E-state index contributed by atoms with van der Waals surface area (Å²) < 4.78 is 11.3. The van der Waals surface area contributed by atoms with Crippen molar-refractivity contribution in [3.05, 3.63) is 59.7 Å². The van der Waals surface area contributed by atoms with Gasteiger partial charge in [0.25, 0.3) is 5.91 Å². The Labute approximate surface area is 198 Å². The third-order valence-electron chi connectivity index (χ3n) is 7.55. The molecule has 4 aliphatic carbocycles. The molecule has 0 heterocycles. The van der Waals surface area contributed by atoms with E-state index in [1.807, 2.05) is 0 Å². The summed E-state index contributed by atoms with van der Waals surface area (Å²) in [6, 6.07) is 12.5. The standard InChI is InChI=1S/C27H29NO6/c29-24(34-16-27-12-17-8-18(13-27)10-19(9-17)14-27)15-33-23-3-1-2-22(11-23)28-25(30)20-4-6-21(7-5-20)26(31)32/h1-7,11,17-19H,8-10,12-16H2,(H,28,30)(H,31,32). The van der Waals surface area contributed by atoms with Crippen LogP contribution in [-0.4, -0.2) is 36.2 Å². The molecule has 0 saturated heterocycles. The maximum Gasteiger partial charge on any atom is 0.344 e. The van der Waals surface area contributed by atoms with Crippen LogP contribution in [0.1, 0.15) is 59.2 Å². The minimum absolute atomic E-state index is 0.113. The van der Waals surface area contributed by atoms with Gasteiger partial charge in [0.05, 0.1) is 12.2 Å². The first kappa shape index (κ1) is 22.4. The molecule has 0 radical (unpaired) electrons. The summed E-state index contributed by atoms with van der Waals surface area (Å²) in [5.41, 5.74) is 1.13. The van der Waals surface area contributed by atoms with Gasteiger partial charge in [-0.2, -0.15) is 0 Å². The van der Waals surface area contributed by atoms with Crippen LogP contribution < -0.4 is 10.1 Å². The first-order valence-electron chi connectivity index (χ1n) is 11.9. The Hall–Kier alpha value is -3.35. The van der Waals surface area contributed by atoms with Crippen LogP contribution >= 0.6 is 0 Å². The van der Waals surface area contributed by atoms with Gasteiger partial charge in [0.2, 0.25) is 0 Å². The molecule has 0 unspecified atom stereocenters. The lowest BCUT2D eigenvalue weighted by atomic mass is 9.50. The quantitative estimate of drug-likeness (QED) is 0.547. The Bertz CT molecular complexity index is 1060. The van der Waals surface area contributed by atoms with Crippen molar-refractivity contribution in [2.75, 3.05) is 18.5 Å². The zero-order valence-electron chi connectivity index (χ0n) is 19.0. The van der Waals surface area contributed by atoms with Gasteiger partial charge in [-0.1, -0.05) is 6.07 Å². The van der Waals surface area contributed by atoms with Gasteiger partial charge in [0.15, 0.2) is 6.61 Å².